The summed E-state index contributed by atoms with van der Waals surface area (Å²) in [6, 6.07) is 4.30. The number of rotatable bonds is 0. The topological polar surface area (TPSA) is 39.7 Å². The summed E-state index contributed by atoms with van der Waals surface area (Å²) < 4.78 is 0. The molecule has 0 saturated carbocycles. The van der Waals surface area contributed by atoms with E-state index in [4.69, 9.17) is 0 Å². The minimum absolute atomic E-state index is 0.898. The molecule has 0 fully saturated rings. The van der Waals surface area contributed by atoms with Crippen molar-refractivity contribution in [3.8, 4) is 0 Å². The van der Waals surface area contributed by atoms with Crippen LogP contribution in [-0.2, 0) is 6.54 Å². The molecular formula is C10H12N4. The van der Waals surface area contributed by atoms with Crippen LogP contribution in [0.4, 0.5) is 0 Å². The smallest absolute Gasteiger partial charge is 0.173 e. The van der Waals surface area contributed by atoms with Gasteiger partial charge in [-0.2, -0.15) is 0 Å². The van der Waals surface area contributed by atoms with E-state index in [1.807, 2.05) is 5.01 Å². The molecule has 4 nitrogen and oxygen atoms in total. The van der Waals surface area contributed by atoms with Crippen LogP contribution < -0.4 is 11.1 Å². The van der Waals surface area contributed by atoms with Gasteiger partial charge in [0.2, 0.25) is 0 Å². The predicted molar refractivity (Wildman–Crippen MR) is 54.3 cm³/mol. The molecule has 0 aliphatic carbocycles. The molecule has 0 spiro atoms. The molecule has 2 N–H and O–H groups in total. The van der Waals surface area contributed by atoms with Crippen molar-refractivity contribution in [3.05, 3.63) is 34.4 Å². The summed E-state index contributed by atoms with van der Waals surface area (Å²) in [6.07, 6.45) is 0. The molecule has 14 heavy (non-hydrogen) atoms. The summed E-state index contributed by atoms with van der Waals surface area (Å²) in [5, 5.41) is 6.22. The number of aryl methyl sites for hydroxylation is 1. The fourth-order valence-electron chi connectivity index (χ4n) is 2.02. The number of benzene rings is 1. The summed E-state index contributed by atoms with van der Waals surface area (Å²) in [5.74, 6) is 1.00. The summed E-state index contributed by atoms with van der Waals surface area (Å²) in [5.41, 5.74) is 11.1. The van der Waals surface area contributed by atoms with E-state index in [9.17, 15) is 0 Å². The first-order valence-electron chi connectivity index (χ1n) is 4.72. The molecule has 72 valence electrons. The molecule has 0 bridgehead atoms. The lowest BCUT2D eigenvalue weighted by Crippen LogP contribution is -2.37. The number of hydrogen-bond donors (Lipinski definition) is 2. The molecule has 1 aromatic rings. The van der Waals surface area contributed by atoms with Gasteiger partial charge in [-0.25, -0.2) is 5.53 Å². The van der Waals surface area contributed by atoms with Crippen LogP contribution in [-0.4, -0.2) is 10.8 Å². The van der Waals surface area contributed by atoms with Crippen molar-refractivity contribution >= 4 is 5.84 Å². The summed E-state index contributed by atoms with van der Waals surface area (Å²) in [6.45, 7) is 5.21. The van der Waals surface area contributed by atoms with E-state index >= 15 is 0 Å². The van der Waals surface area contributed by atoms with Gasteiger partial charge in [0.25, 0.3) is 0 Å². The Labute approximate surface area is 82.5 Å². The summed E-state index contributed by atoms with van der Waals surface area (Å²) in [7, 11) is 0. The van der Waals surface area contributed by atoms with Crippen molar-refractivity contribution in [3.63, 3.8) is 0 Å². The number of amidine groups is 1. The first-order valence-corrected chi connectivity index (χ1v) is 4.72. The van der Waals surface area contributed by atoms with Gasteiger partial charge in [-0.15, -0.1) is 10.6 Å². The molecule has 0 saturated heterocycles. The third kappa shape index (κ3) is 0.834. The van der Waals surface area contributed by atoms with Crippen LogP contribution in [0.25, 0.3) is 0 Å². The number of hydrazone groups is 1. The SMILES string of the molecule is Cc1ccc2c(c1C)CN1NNN=C21. The van der Waals surface area contributed by atoms with E-state index in [2.05, 4.69) is 42.2 Å². The molecule has 0 amide bonds. The maximum absolute atomic E-state index is 4.19. The number of nitrogens with zero attached hydrogens (tertiary/aromatic N) is 2. The number of nitrogens with one attached hydrogen (secondary N) is 2. The van der Waals surface area contributed by atoms with Gasteiger partial charge in [0.15, 0.2) is 5.84 Å². The van der Waals surface area contributed by atoms with Crippen LogP contribution in [0, 0.1) is 13.8 Å². The van der Waals surface area contributed by atoms with Gasteiger partial charge in [0, 0.05) is 5.56 Å². The van der Waals surface area contributed by atoms with E-state index in [1.54, 1.807) is 0 Å². The molecule has 0 atom stereocenters. The molecule has 2 aliphatic heterocycles. The van der Waals surface area contributed by atoms with E-state index < -0.39 is 0 Å². The number of hydrogen-bond acceptors (Lipinski definition) is 4. The quantitative estimate of drug-likeness (QED) is 0.632. The average Bonchev–Trinajstić information content (AvgIpc) is 2.71. The molecule has 4 heteroatoms. The van der Waals surface area contributed by atoms with Crippen molar-refractivity contribution < 1.29 is 0 Å². The van der Waals surface area contributed by atoms with Crippen molar-refractivity contribution in [2.75, 3.05) is 0 Å². The highest BCUT2D eigenvalue weighted by Gasteiger charge is 2.29. The van der Waals surface area contributed by atoms with Crippen molar-refractivity contribution in [2.45, 2.75) is 20.4 Å². The Hall–Kier alpha value is -1.55. The summed E-state index contributed by atoms with van der Waals surface area (Å²) in [4.78, 5) is 0. The second-order valence-corrected chi connectivity index (χ2v) is 3.78. The van der Waals surface area contributed by atoms with Gasteiger partial charge < -0.3 is 0 Å². The zero-order valence-electron chi connectivity index (χ0n) is 8.26. The van der Waals surface area contributed by atoms with E-state index in [0.717, 1.165) is 12.4 Å². The lowest BCUT2D eigenvalue weighted by molar-refractivity contribution is 0.297. The van der Waals surface area contributed by atoms with E-state index in [-0.39, 0.29) is 0 Å². The number of fused-ring (bicyclic) bond motifs is 3. The third-order valence-corrected chi connectivity index (χ3v) is 3.03. The normalized spacial score (nSPS) is 17.6. The van der Waals surface area contributed by atoms with E-state index in [0.29, 0.717) is 0 Å². The largest absolute Gasteiger partial charge is 0.267 e. The maximum Gasteiger partial charge on any atom is 0.173 e. The molecule has 2 heterocycles. The lowest BCUT2D eigenvalue weighted by atomic mass is 10.00. The predicted octanol–water partition coefficient (Wildman–Crippen LogP) is 0.803. The van der Waals surface area contributed by atoms with Crippen LogP contribution in [0.15, 0.2) is 17.2 Å². The number of hydrazine groups is 2. The molecule has 1 aromatic carbocycles. The second-order valence-electron chi connectivity index (χ2n) is 3.78. The Morgan fingerprint density at radius 1 is 1.36 bits per heavy atom. The lowest BCUT2D eigenvalue weighted by Gasteiger charge is -2.10. The second kappa shape index (κ2) is 2.48. The van der Waals surface area contributed by atoms with Gasteiger partial charge in [-0.05, 0) is 30.5 Å². The van der Waals surface area contributed by atoms with Crippen molar-refractivity contribution in [2.24, 2.45) is 5.10 Å². The third-order valence-electron chi connectivity index (χ3n) is 3.03. The molecule has 3 rings (SSSR count). The molecule has 0 unspecified atom stereocenters. The first kappa shape index (κ1) is 7.82. The monoisotopic (exact) mass is 188 g/mol. The molecule has 2 aliphatic rings. The maximum atomic E-state index is 4.19. The fourth-order valence-corrected chi connectivity index (χ4v) is 2.02. The highest BCUT2D eigenvalue weighted by atomic mass is 15.8. The van der Waals surface area contributed by atoms with Gasteiger partial charge >= 0.3 is 0 Å². The van der Waals surface area contributed by atoms with Crippen LogP contribution in [0.2, 0.25) is 0 Å². The first-order chi connectivity index (χ1) is 6.77. The zero-order chi connectivity index (χ0) is 9.71. The summed E-state index contributed by atoms with van der Waals surface area (Å²) >= 11 is 0. The standard InChI is InChI=1S/C10H12N4/c1-6-3-4-8-9(7(6)2)5-14-10(8)11-12-13-14/h3-4,12-13H,5H2,1-2H3. The Morgan fingerprint density at radius 3 is 3.07 bits per heavy atom. The van der Waals surface area contributed by atoms with Gasteiger partial charge in [-0.3, -0.25) is 5.01 Å². The van der Waals surface area contributed by atoms with Gasteiger partial charge in [-0.1, -0.05) is 12.1 Å². The van der Waals surface area contributed by atoms with Crippen LogP contribution in [0.1, 0.15) is 22.3 Å². The average molecular weight is 188 g/mol. The van der Waals surface area contributed by atoms with Gasteiger partial charge in [0.1, 0.15) is 0 Å². The highest BCUT2D eigenvalue weighted by molar-refractivity contribution is 6.03. The molecule has 0 radical (unpaired) electrons. The Balaban J connectivity index is 2.23. The van der Waals surface area contributed by atoms with Crippen LogP contribution >= 0.6 is 0 Å². The Kier molecular flexibility index (Phi) is 1.39. The fraction of sp³-hybridized carbons (Fsp3) is 0.300. The highest BCUT2D eigenvalue weighted by Crippen LogP contribution is 2.27. The minimum Gasteiger partial charge on any atom is -0.267 e. The van der Waals surface area contributed by atoms with Crippen molar-refractivity contribution in [1.29, 1.82) is 0 Å². The molecular weight excluding hydrogens is 176 g/mol. The zero-order valence-corrected chi connectivity index (χ0v) is 8.26. The Morgan fingerprint density at radius 2 is 2.21 bits per heavy atom. The van der Waals surface area contributed by atoms with Crippen molar-refractivity contribution in [1.82, 2.24) is 16.1 Å². The van der Waals surface area contributed by atoms with Crippen LogP contribution in [0.5, 0.6) is 0 Å². The Bertz CT molecular complexity index is 436. The van der Waals surface area contributed by atoms with E-state index in [1.165, 1.54) is 22.3 Å². The van der Waals surface area contributed by atoms with Gasteiger partial charge in [0.05, 0.1) is 6.54 Å². The van der Waals surface area contributed by atoms with Crippen LogP contribution in [0.3, 0.4) is 0 Å². The minimum atomic E-state index is 0.898. The molecule has 0 aromatic heterocycles.